The van der Waals surface area contributed by atoms with E-state index < -0.39 is 0 Å². The highest BCUT2D eigenvalue weighted by Crippen LogP contribution is 2.18. The first-order valence-electron chi connectivity index (χ1n) is 6.33. The number of carbonyl (C=O) groups is 1. The largest absolute Gasteiger partial charge is 0.393 e. The van der Waals surface area contributed by atoms with Gasteiger partial charge in [0.2, 0.25) is 5.91 Å². The summed E-state index contributed by atoms with van der Waals surface area (Å²) in [5, 5.41) is 12.4. The van der Waals surface area contributed by atoms with E-state index in [0.29, 0.717) is 18.9 Å². The Labute approximate surface area is 97.6 Å². The van der Waals surface area contributed by atoms with E-state index in [4.69, 9.17) is 5.73 Å². The molecule has 0 spiro atoms. The first-order valence-corrected chi connectivity index (χ1v) is 6.33. The number of carbonyl (C=O) groups excluding carboxylic acids is 1. The molecule has 4 N–H and O–H groups in total. The summed E-state index contributed by atoms with van der Waals surface area (Å²) in [6, 6.07) is 0.256. The molecule has 0 radical (unpaired) electrons. The SMILES string of the molecule is CCC(CN)CC(=O)NC1CCC(O)CC1. The van der Waals surface area contributed by atoms with E-state index in [1.54, 1.807) is 0 Å². The van der Waals surface area contributed by atoms with Crippen molar-refractivity contribution in [3.8, 4) is 0 Å². The van der Waals surface area contributed by atoms with Crippen molar-refractivity contribution in [1.82, 2.24) is 5.32 Å². The normalized spacial score (nSPS) is 27.4. The second-order valence-electron chi connectivity index (χ2n) is 4.79. The van der Waals surface area contributed by atoms with Crippen LogP contribution in [0.2, 0.25) is 0 Å². The second-order valence-corrected chi connectivity index (χ2v) is 4.79. The summed E-state index contributed by atoms with van der Waals surface area (Å²) in [5.41, 5.74) is 5.57. The Morgan fingerprint density at radius 1 is 1.44 bits per heavy atom. The molecule has 1 unspecified atom stereocenters. The lowest BCUT2D eigenvalue weighted by molar-refractivity contribution is -0.123. The van der Waals surface area contributed by atoms with Crippen LogP contribution in [-0.4, -0.2) is 29.7 Å². The van der Waals surface area contributed by atoms with Crippen LogP contribution in [-0.2, 0) is 4.79 Å². The molecule has 4 nitrogen and oxygen atoms in total. The highest BCUT2D eigenvalue weighted by Gasteiger charge is 2.21. The number of nitrogens with two attached hydrogens (primary N) is 1. The van der Waals surface area contributed by atoms with Crippen LogP contribution < -0.4 is 11.1 Å². The number of rotatable bonds is 5. The van der Waals surface area contributed by atoms with E-state index >= 15 is 0 Å². The molecule has 1 amide bonds. The summed E-state index contributed by atoms with van der Waals surface area (Å²) in [6.07, 6.45) is 4.72. The molecule has 0 bridgehead atoms. The van der Waals surface area contributed by atoms with Gasteiger partial charge in [0.15, 0.2) is 0 Å². The molecule has 0 aromatic heterocycles. The van der Waals surface area contributed by atoms with Crippen molar-refractivity contribution in [2.75, 3.05) is 6.54 Å². The quantitative estimate of drug-likeness (QED) is 0.651. The van der Waals surface area contributed by atoms with E-state index in [1.165, 1.54) is 0 Å². The van der Waals surface area contributed by atoms with Gasteiger partial charge in [-0.3, -0.25) is 4.79 Å². The van der Waals surface area contributed by atoms with Crippen LogP contribution in [0, 0.1) is 5.92 Å². The minimum absolute atomic E-state index is 0.110. The monoisotopic (exact) mass is 228 g/mol. The lowest BCUT2D eigenvalue weighted by Crippen LogP contribution is -2.39. The number of aliphatic hydroxyl groups excluding tert-OH is 1. The molecule has 1 aliphatic carbocycles. The zero-order valence-corrected chi connectivity index (χ0v) is 10.1. The highest BCUT2D eigenvalue weighted by atomic mass is 16.3. The van der Waals surface area contributed by atoms with Crippen molar-refractivity contribution in [2.45, 2.75) is 57.6 Å². The van der Waals surface area contributed by atoms with Crippen molar-refractivity contribution in [1.29, 1.82) is 0 Å². The molecule has 1 fully saturated rings. The van der Waals surface area contributed by atoms with Crippen molar-refractivity contribution >= 4 is 5.91 Å². The summed E-state index contributed by atoms with van der Waals surface area (Å²) in [6.45, 7) is 2.63. The lowest BCUT2D eigenvalue weighted by Gasteiger charge is -2.26. The summed E-state index contributed by atoms with van der Waals surface area (Å²) in [4.78, 5) is 11.7. The smallest absolute Gasteiger partial charge is 0.220 e. The average Bonchev–Trinajstić information content (AvgIpc) is 2.29. The summed E-state index contributed by atoms with van der Waals surface area (Å²) < 4.78 is 0. The van der Waals surface area contributed by atoms with Crippen LogP contribution in [0.15, 0.2) is 0 Å². The van der Waals surface area contributed by atoms with Crippen molar-refractivity contribution in [3.05, 3.63) is 0 Å². The van der Waals surface area contributed by atoms with Crippen LogP contribution in [0.1, 0.15) is 45.4 Å². The Morgan fingerprint density at radius 2 is 2.06 bits per heavy atom. The van der Waals surface area contributed by atoms with Gasteiger partial charge in [0, 0.05) is 12.5 Å². The molecule has 0 heterocycles. The second kappa shape index (κ2) is 6.86. The maximum atomic E-state index is 11.7. The van der Waals surface area contributed by atoms with Crippen molar-refractivity contribution < 1.29 is 9.90 Å². The number of hydrogen-bond donors (Lipinski definition) is 3. The summed E-state index contributed by atoms with van der Waals surface area (Å²) in [5.74, 6) is 0.410. The van der Waals surface area contributed by atoms with E-state index in [1.807, 2.05) is 0 Å². The Bertz CT molecular complexity index is 209. The Kier molecular flexibility index (Phi) is 5.77. The van der Waals surface area contributed by atoms with E-state index in [0.717, 1.165) is 32.1 Å². The molecule has 1 aliphatic rings. The molecule has 0 saturated heterocycles. The third-order valence-corrected chi connectivity index (χ3v) is 3.45. The molecule has 4 heteroatoms. The number of nitrogens with one attached hydrogen (secondary N) is 1. The van der Waals surface area contributed by atoms with E-state index in [-0.39, 0.29) is 18.1 Å². The fourth-order valence-electron chi connectivity index (χ4n) is 2.16. The van der Waals surface area contributed by atoms with Gasteiger partial charge in [-0.2, -0.15) is 0 Å². The minimum atomic E-state index is -0.166. The molecular formula is C12H24N2O2. The zero-order chi connectivity index (χ0) is 12.0. The highest BCUT2D eigenvalue weighted by molar-refractivity contribution is 5.76. The van der Waals surface area contributed by atoms with Crippen LogP contribution >= 0.6 is 0 Å². The molecule has 1 saturated carbocycles. The molecule has 1 rings (SSSR count). The van der Waals surface area contributed by atoms with Gasteiger partial charge in [-0.25, -0.2) is 0 Å². The van der Waals surface area contributed by atoms with Gasteiger partial charge in [-0.05, 0) is 38.1 Å². The first kappa shape index (κ1) is 13.5. The van der Waals surface area contributed by atoms with Crippen molar-refractivity contribution in [2.24, 2.45) is 11.7 Å². The molecular weight excluding hydrogens is 204 g/mol. The molecule has 1 atom stereocenters. The molecule has 0 aromatic carbocycles. The summed E-state index contributed by atoms with van der Waals surface area (Å²) >= 11 is 0. The van der Waals surface area contributed by atoms with Gasteiger partial charge < -0.3 is 16.2 Å². The fourth-order valence-corrected chi connectivity index (χ4v) is 2.16. The molecule has 94 valence electrons. The predicted molar refractivity (Wildman–Crippen MR) is 63.9 cm³/mol. The van der Waals surface area contributed by atoms with Crippen LogP contribution in [0.25, 0.3) is 0 Å². The van der Waals surface area contributed by atoms with E-state index in [9.17, 15) is 9.90 Å². The van der Waals surface area contributed by atoms with Gasteiger partial charge in [0.05, 0.1) is 6.10 Å². The Balaban J connectivity index is 2.23. The van der Waals surface area contributed by atoms with Gasteiger partial charge in [-0.15, -0.1) is 0 Å². The van der Waals surface area contributed by atoms with Crippen LogP contribution in [0.4, 0.5) is 0 Å². The maximum absolute atomic E-state index is 11.7. The van der Waals surface area contributed by atoms with Crippen LogP contribution in [0.5, 0.6) is 0 Å². The number of aliphatic hydroxyl groups is 1. The third-order valence-electron chi connectivity index (χ3n) is 3.45. The van der Waals surface area contributed by atoms with Gasteiger partial charge in [-0.1, -0.05) is 13.3 Å². The Hall–Kier alpha value is -0.610. The fraction of sp³-hybridized carbons (Fsp3) is 0.917. The first-order chi connectivity index (χ1) is 7.65. The average molecular weight is 228 g/mol. The number of amides is 1. The lowest BCUT2D eigenvalue weighted by atomic mass is 9.92. The van der Waals surface area contributed by atoms with Crippen LogP contribution in [0.3, 0.4) is 0 Å². The molecule has 0 aliphatic heterocycles. The minimum Gasteiger partial charge on any atom is -0.393 e. The van der Waals surface area contributed by atoms with Gasteiger partial charge in [0.1, 0.15) is 0 Å². The third kappa shape index (κ3) is 4.49. The maximum Gasteiger partial charge on any atom is 0.220 e. The van der Waals surface area contributed by atoms with Crippen molar-refractivity contribution in [3.63, 3.8) is 0 Å². The van der Waals surface area contributed by atoms with Gasteiger partial charge >= 0.3 is 0 Å². The standard InChI is InChI=1S/C12H24N2O2/c1-2-9(8-13)7-12(16)14-10-3-5-11(15)6-4-10/h9-11,15H,2-8,13H2,1H3,(H,14,16). The molecule has 16 heavy (non-hydrogen) atoms. The topological polar surface area (TPSA) is 75.4 Å². The zero-order valence-electron chi connectivity index (χ0n) is 10.1. The Morgan fingerprint density at radius 3 is 2.56 bits per heavy atom. The number of hydrogen-bond acceptors (Lipinski definition) is 3. The summed E-state index contributed by atoms with van der Waals surface area (Å²) in [7, 11) is 0. The van der Waals surface area contributed by atoms with E-state index in [2.05, 4.69) is 12.2 Å². The predicted octanol–water partition coefficient (Wildman–Crippen LogP) is 0.781. The van der Waals surface area contributed by atoms with Gasteiger partial charge in [0.25, 0.3) is 0 Å². The molecule has 0 aromatic rings.